The number of nitrogens with zero attached hydrogens (tertiary/aromatic N) is 2. The highest BCUT2D eigenvalue weighted by molar-refractivity contribution is 6.00. The minimum atomic E-state index is -0.00768. The van der Waals surface area contributed by atoms with E-state index in [4.69, 9.17) is 10.3 Å². The number of rotatable bonds is 2. The first-order valence-electron chi connectivity index (χ1n) is 7.73. The van der Waals surface area contributed by atoms with E-state index in [0.717, 1.165) is 31.4 Å². The van der Waals surface area contributed by atoms with Crippen molar-refractivity contribution < 1.29 is 9.32 Å². The van der Waals surface area contributed by atoms with Crippen molar-refractivity contribution in [3.8, 4) is 11.3 Å². The lowest BCUT2D eigenvalue weighted by atomic mass is 10.1. The molecule has 2 N–H and O–H groups in total. The zero-order valence-electron chi connectivity index (χ0n) is 12.8. The van der Waals surface area contributed by atoms with Gasteiger partial charge < -0.3 is 15.2 Å². The molecule has 1 aromatic carbocycles. The van der Waals surface area contributed by atoms with Gasteiger partial charge in [-0.05, 0) is 26.2 Å². The summed E-state index contributed by atoms with van der Waals surface area (Å²) in [7, 11) is 0. The van der Waals surface area contributed by atoms with Crippen LogP contribution >= 0.6 is 0 Å². The lowest BCUT2D eigenvalue weighted by molar-refractivity contribution is 0.0760. The first-order valence-corrected chi connectivity index (χ1v) is 7.73. The van der Waals surface area contributed by atoms with Crippen LogP contribution in [0.3, 0.4) is 0 Å². The third-order valence-corrected chi connectivity index (χ3v) is 4.18. The fraction of sp³-hybridized carbons (Fsp3) is 0.412. The van der Waals surface area contributed by atoms with Crippen molar-refractivity contribution in [2.75, 3.05) is 13.1 Å². The van der Waals surface area contributed by atoms with Crippen LogP contribution in [0.1, 0.15) is 35.4 Å². The van der Waals surface area contributed by atoms with Crippen molar-refractivity contribution in [2.24, 2.45) is 5.73 Å². The Kier molecular flexibility index (Phi) is 4.24. The van der Waals surface area contributed by atoms with E-state index in [1.165, 1.54) is 0 Å². The number of amides is 1. The maximum Gasteiger partial charge on any atom is 0.259 e. The minimum Gasteiger partial charge on any atom is -0.360 e. The summed E-state index contributed by atoms with van der Waals surface area (Å²) in [5, 5.41) is 4.09. The van der Waals surface area contributed by atoms with Gasteiger partial charge in [-0.3, -0.25) is 4.79 Å². The number of likely N-dealkylation sites (tertiary alicyclic amines) is 1. The number of aromatic nitrogens is 1. The summed E-state index contributed by atoms with van der Waals surface area (Å²) in [5.41, 5.74) is 8.09. The Labute approximate surface area is 130 Å². The van der Waals surface area contributed by atoms with Crippen molar-refractivity contribution in [3.05, 3.63) is 41.7 Å². The molecule has 1 amide bonds. The third-order valence-electron chi connectivity index (χ3n) is 4.18. The number of carbonyl (C=O) groups excluding carboxylic acids is 1. The fourth-order valence-corrected chi connectivity index (χ4v) is 2.90. The van der Waals surface area contributed by atoms with E-state index in [1.807, 2.05) is 35.2 Å². The van der Waals surface area contributed by atoms with E-state index in [-0.39, 0.29) is 11.9 Å². The van der Waals surface area contributed by atoms with Gasteiger partial charge in [-0.1, -0.05) is 35.5 Å². The van der Waals surface area contributed by atoms with Gasteiger partial charge in [-0.25, -0.2) is 0 Å². The summed E-state index contributed by atoms with van der Waals surface area (Å²) < 4.78 is 5.29. The minimum absolute atomic E-state index is 0.00768. The van der Waals surface area contributed by atoms with Crippen LogP contribution in [-0.2, 0) is 0 Å². The van der Waals surface area contributed by atoms with Gasteiger partial charge in [0.1, 0.15) is 17.0 Å². The molecule has 0 spiro atoms. The van der Waals surface area contributed by atoms with Crippen LogP contribution in [0.15, 0.2) is 34.9 Å². The van der Waals surface area contributed by atoms with Crippen molar-refractivity contribution >= 4 is 5.91 Å². The highest BCUT2D eigenvalue weighted by Gasteiger charge is 2.27. The average Bonchev–Trinajstić information content (AvgIpc) is 2.78. The van der Waals surface area contributed by atoms with Gasteiger partial charge in [0.15, 0.2) is 0 Å². The van der Waals surface area contributed by atoms with E-state index in [0.29, 0.717) is 23.6 Å². The van der Waals surface area contributed by atoms with E-state index in [1.54, 1.807) is 6.92 Å². The monoisotopic (exact) mass is 299 g/mol. The molecule has 2 aromatic rings. The topological polar surface area (TPSA) is 72.4 Å². The van der Waals surface area contributed by atoms with E-state index in [9.17, 15) is 4.79 Å². The number of aryl methyl sites for hydroxylation is 1. The Balaban J connectivity index is 1.91. The summed E-state index contributed by atoms with van der Waals surface area (Å²) in [4.78, 5) is 14.8. The van der Waals surface area contributed by atoms with Crippen LogP contribution in [0.25, 0.3) is 11.3 Å². The van der Waals surface area contributed by atoms with Gasteiger partial charge in [0.25, 0.3) is 5.91 Å². The molecule has 0 bridgehead atoms. The zero-order valence-corrected chi connectivity index (χ0v) is 12.8. The van der Waals surface area contributed by atoms with Crippen LogP contribution in [0, 0.1) is 6.92 Å². The van der Waals surface area contributed by atoms with E-state index >= 15 is 0 Å². The predicted molar refractivity (Wildman–Crippen MR) is 84.4 cm³/mol. The molecule has 1 fully saturated rings. The van der Waals surface area contributed by atoms with Gasteiger partial charge >= 0.3 is 0 Å². The quantitative estimate of drug-likeness (QED) is 0.925. The average molecular weight is 299 g/mol. The second kappa shape index (κ2) is 6.32. The number of benzene rings is 1. The van der Waals surface area contributed by atoms with Crippen molar-refractivity contribution in [1.29, 1.82) is 0 Å². The Morgan fingerprint density at radius 3 is 2.82 bits per heavy atom. The molecule has 116 valence electrons. The molecule has 22 heavy (non-hydrogen) atoms. The summed E-state index contributed by atoms with van der Waals surface area (Å²) in [5.74, 6) is 0.559. The Morgan fingerprint density at radius 2 is 2.05 bits per heavy atom. The highest BCUT2D eigenvalue weighted by atomic mass is 16.5. The molecule has 1 aliphatic rings. The molecule has 0 saturated carbocycles. The zero-order chi connectivity index (χ0) is 15.5. The maximum absolute atomic E-state index is 12.9. The van der Waals surface area contributed by atoms with Crippen molar-refractivity contribution in [2.45, 2.75) is 32.2 Å². The van der Waals surface area contributed by atoms with Gasteiger partial charge in [0, 0.05) is 24.7 Å². The standard InChI is InChI=1S/C17H21N3O2/c1-12-15(16(19-22-12)13-6-3-2-4-7-13)17(21)20-10-5-8-14(18)9-11-20/h2-4,6-7,14H,5,8-11,18H2,1H3/t14-/m1/s1. The number of hydrogen-bond acceptors (Lipinski definition) is 4. The fourth-order valence-electron chi connectivity index (χ4n) is 2.90. The smallest absolute Gasteiger partial charge is 0.259 e. The first-order chi connectivity index (χ1) is 10.7. The first kappa shape index (κ1) is 14.8. The summed E-state index contributed by atoms with van der Waals surface area (Å²) in [6, 6.07) is 9.86. The van der Waals surface area contributed by atoms with Crippen molar-refractivity contribution in [1.82, 2.24) is 10.1 Å². The molecule has 5 nitrogen and oxygen atoms in total. The molecular formula is C17H21N3O2. The lowest BCUT2D eigenvalue weighted by Gasteiger charge is -2.20. The van der Waals surface area contributed by atoms with Crippen LogP contribution in [-0.4, -0.2) is 35.1 Å². The molecular weight excluding hydrogens is 278 g/mol. The molecule has 0 aliphatic carbocycles. The van der Waals surface area contributed by atoms with Crippen LogP contribution < -0.4 is 5.73 Å². The van der Waals surface area contributed by atoms with Gasteiger partial charge in [-0.15, -0.1) is 0 Å². The molecule has 1 saturated heterocycles. The molecule has 0 unspecified atom stereocenters. The SMILES string of the molecule is Cc1onc(-c2ccccc2)c1C(=O)N1CCC[C@@H](N)CC1. The highest BCUT2D eigenvalue weighted by Crippen LogP contribution is 2.27. The second-order valence-electron chi connectivity index (χ2n) is 5.81. The molecule has 1 atom stereocenters. The second-order valence-corrected chi connectivity index (χ2v) is 5.81. The third kappa shape index (κ3) is 2.90. The van der Waals surface area contributed by atoms with Crippen LogP contribution in [0.4, 0.5) is 0 Å². The molecule has 5 heteroatoms. The summed E-state index contributed by atoms with van der Waals surface area (Å²) in [6.45, 7) is 3.22. The van der Waals surface area contributed by atoms with Crippen LogP contribution in [0.2, 0.25) is 0 Å². The molecule has 1 aromatic heterocycles. The van der Waals surface area contributed by atoms with E-state index in [2.05, 4.69) is 5.16 Å². The number of carbonyl (C=O) groups is 1. The lowest BCUT2D eigenvalue weighted by Crippen LogP contribution is -2.33. The molecule has 2 heterocycles. The van der Waals surface area contributed by atoms with Gasteiger partial charge in [0.2, 0.25) is 0 Å². The normalized spacial score (nSPS) is 19.0. The Hall–Kier alpha value is -2.14. The van der Waals surface area contributed by atoms with Crippen LogP contribution in [0.5, 0.6) is 0 Å². The Bertz CT molecular complexity index is 651. The van der Waals surface area contributed by atoms with Gasteiger partial charge in [-0.2, -0.15) is 0 Å². The summed E-state index contributed by atoms with van der Waals surface area (Å²) in [6.07, 6.45) is 2.76. The molecule has 1 aliphatic heterocycles. The predicted octanol–water partition coefficient (Wildman–Crippen LogP) is 2.60. The maximum atomic E-state index is 12.9. The number of hydrogen-bond donors (Lipinski definition) is 1. The summed E-state index contributed by atoms with van der Waals surface area (Å²) >= 11 is 0. The van der Waals surface area contributed by atoms with Crippen molar-refractivity contribution in [3.63, 3.8) is 0 Å². The Morgan fingerprint density at radius 1 is 1.27 bits per heavy atom. The van der Waals surface area contributed by atoms with Gasteiger partial charge in [0.05, 0.1) is 0 Å². The molecule has 0 radical (unpaired) electrons. The largest absolute Gasteiger partial charge is 0.360 e. The van der Waals surface area contributed by atoms with E-state index < -0.39 is 0 Å². The number of nitrogens with two attached hydrogens (primary N) is 1. The molecule has 3 rings (SSSR count).